The van der Waals surface area contributed by atoms with Gasteiger partial charge in [0.1, 0.15) is 5.58 Å². The van der Waals surface area contributed by atoms with Crippen LogP contribution in [0.1, 0.15) is 24.0 Å². The molecule has 25 heavy (non-hydrogen) atoms. The summed E-state index contributed by atoms with van der Waals surface area (Å²) < 4.78 is 5.53. The molecule has 1 aromatic heterocycles. The van der Waals surface area contributed by atoms with E-state index in [0.717, 1.165) is 23.8 Å². The molecule has 0 saturated heterocycles. The van der Waals surface area contributed by atoms with E-state index in [4.69, 9.17) is 22.4 Å². The SMILES string of the molecule is NC(=S)Nc1ccc2cc(-c3ccc4c(c3)CCCC4)c(=O)oc2c1. The van der Waals surface area contributed by atoms with Crippen molar-refractivity contribution in [3.8, 4) is 11.1 Å². The number of benzene rings is 2. The van der Waals surface area contributed by atoms with Gasteiger partial charge in [0.2, 0.25) is 0 Å². The van der Waals surface area contributed by atoms with E-state index in [1.807, 2.05) is 24.3 Å². The van der Waals surface area contributed by atoms with Crippen LogP contribution in [-0.2, 0) is 12.8 Å². The third-order valence-corrected chi connectivity index (χ3v) is 4.77. The Morgan fingerprint density at radius 2 is 1.84 bits per heavy atom. The molecular formula is C20H18N2O2S. The summed E-state index contributed by atoms with van der Waals surface area (Å²) in [5, 5.41) is 3.88. The van der Waals surface area contributed by atoms with Gasteiger partial charge in [-0.2, -0.15) is 0 Å². The van der Waals surface area contributed by atoms with Gasteiger partial charge in [-0.25, -0.2) is 4.79 Å². The second-order valence-electron chi connectivity index (χ2n) is 6.38. The Labute approximate surface area is 150 Å². The summed E-state index contributed by atoms with van der Waals surface area (Å²) in [6, 6.07) is 13.7. The van der Waals surface area contributed by atoms with E-state index in [9.17, 15) is 4.79 Å². The Bertz CT molecular complexity index is 1040. The van der Waals surface area contributed by atoms with Crippen LogP contribution in [0, 0.1) is 0 Å². The number of anilines is 1. The largest absolute Gasteiger partial charge is 0.422 e. The standard InChI is InChI=1S/C20H18N2O2S/c21-20(25)22-16-8-7-15-10-17(19(23)24-18(15)11-16)14-6-5-12-3-1-2-4-13(12)9-14/h5-11H,1-4H2,(H3,21,22,25). The zero-order valence-electron chi connectivity index (χ0n) is 13.7. The van der Waals surface area contributed by atoms with E-state index >= 15 is 0 Å². The fourth-order valence-corrected chi connectivity index (χ4v) is 3.55. The summed E-state index contributed by atoms with van der Waals surface area (Å²) in [5.41, 5.74) is 10.6. The Balaban J connectivity index is 1.79. The molecule has 4 rings (SSSR count). The predicted molar refractivity (Wildman–Crippen MR) is 105 cm³/mol. The first kappa shape index (κ1) is 15.8. The minimum Gasteiger partial charge on any atom is -0.422 e. The number of thiocarbonyl (C=S) groups is 1. The maximum atomic E-state index is 12.5. The quantitative estimate of drug-likeness (QED) is 0.540. The normalized spacial score (nSPS) is 13.4. The van der Waals surface area contributed by atoms with Gasteiger partial charge < -0.3 is 15.5 Å². The van der Waals surface area contributed by atoms with Crippen LogP contribution in [0.25, 0.3) is 22.1 Å². The maximum Gasteiger partial charge on any atom is 0.344 e. The molecule has 2 aromatic carbocycles. The molecule has 126 valence electrons. The zero-order valence-corrected chi connectivity index (χ0v) is 14.5. The number of nitrogens with one attached hydrogen (secondary N) is 1. The van der Waals surface area contributed by atoms with Crippen molar-refractivity contribution in [3.63, 3.8) is 0 Å². The van der Waals surface area contributed by atoms with E-state index < -0.39 is 0 Å². The Morgan fingerprint density at radius 3 is 2.64 bits per heavy atom. The van der Waals surface area contributed by atoms with Crippen molar-refractivity contribution in [2.75, 3.05) is 5.32 Å². The lowest BCUT2D eigenvalue weighted by Crippen LogP contribution is -2.18. The smallest absolute Gasteiger partial charge is 0.344 e. The molecule has 1 aliphatic rings. The van der Waals surface area contributed by atoms with Crippen LogP contribution in [0.15, 0.2) is 51.7 Å². The molecule has 0 atom stereocenters. The lowest BCUT2D eigenvalue weighted by atomic mass is 9.89. The highest BCUT2D eigenvalue weighted by atomic mass is 32.1. The molecule has 0 bridgehead atoms. The Kier molecular flexibility index (Phi) is 4.01. The van der Waals surface area contributed by atoms with E-state index in [1.165, 1.54) is 24.0 Å². The predicted octanol–water partition coefficient (Wildman–Crippen LogP) is 3.99. The minimum atomic E-state index is -0.337. The molecule has 3 N–H and O–H groups in total. The second-order valence-corrected chi connectivity index (χ2v) is 6.82. The van der Waals surface area contributed by atoms with Gasteiger partial charge in [0.15, 0.2) is 5.11 Å². The molecule has 1 heterocycles. The minimum absolute atomic E-state index is 0.173. The average molecular weight is 350 g/mol. The molecule has 0 amide bonds. The fraction of sp³-hybridized carbons (Fsp3) is 0.200. The summed E-state index contributed by atoms with van der Waals surface area (Å²) in [6.45, 7) is 0. The van der Waals surface area contributed by atoms with Crippen LogP contribution in [0.2, 0.25) is 0 Å². The maximum absolute atomic E-state index is 12.5. The van der Waals surface area contributed by atoms with Gasteiger partial charge in [-0.1, -0.05) is 18.2 Å². The van der Waals surface area contributed by atoms with Crippen LogP contribution < -0.4 is 16.7 Å². The number of nitrogens with two attached hydrogens (primary N) is 1. The van der Waals surface area contributed by atoms with Gasteiger partial charge in [0.25, 0.3) is 0 Å². The Hall–Kier alpha value is -2.66. The first-order valence-electron chi connectivity index (χ1n) is 8.37. The average Bonchev–Trinajstić information content (AvgIpc) is 2.60. The van der Waals surface area contributed by atoms with Crippen LogP contribution >= 0.6 is 12.2 Å². The van der Waals surface area contributed by atoms with Crippen molar-refractivity contribution < 1.29 is 4.42 Å². The third-order valence-electron chi connectivity index (χ3n) is 4.66. The number of fused-ring (bicyclic) bond motifs is 2. The number of aryl methyl sites for hydroxylation is 2. The van der Waals surface area contributed by atoms with Crippen LogP contribution in [-0.4, -0.2) is 5.11 Å². The molecule has 0 aliphatic heterocycles. The van der Waals surface area contributed by atoms with E-state index in [-0.39, 0.29) is 10.7 Å². The summed E-state index contributed by atoms with van der Waals surface area (Å²) in [6.07, 6.45) is 4.66. The van der Waals surface area contributed by atoms with Crippen LogP contribution in [0.3, 0.4) is 0 Å². The van der Waals surface area contributed by atoms with Gasteiger partial charge in [-0.05, 0) is 72.8 Å². The Morgan fingerprint density at radius 1 is 1.04 bits per heavy atom. The molecule has 1 aliphatic carbocycles. The van der Waals surface area contributed by atoms with Crippen molar-refractivity contribution in [2.45, 2.75) is 25.7 Å². The van der Waals surface area contributed by atoms with Crippen molar-refractivity contribution >= 4 is 34.0 Å². The monoisotopic (exact) mass is 350 g/mol. The molecule has 0 saturated carbocycles. The zero-order chi connectivity index (χ0) is 17.4. The lowest BCUT2D eigenvalue weighted by molar-refractivity contribution is 0.563. The fourth-order valence-electron chi connectivity index (χ4n) is 3.43. The number of hydrogen-bond donors (Lipinski definition) is 2. The summed E-state index contributed by atoms with van der Waals surface area (Å²) in [4.78, 5) is 12.5. The van der Waals surface area contributed by atoms with Crippen LogP contribution in [0.5, 0.6) is 0 Å². The molecule has 0 spiro atoms. The number of rotatable bonds is 2. The second kappa shape index (κ2) is 6.33. The summed E-state index contributed by atoms with van der Waals surface area (Å²) in [5.74, 6) is 0. The summed E-state index contributed by atoms with van der Waals surface area (Å²) in [7, 11) is 0. The molecule has 0 unspecified atom stereocenters. The van der Waals surface area contributed by atoms with Crippen molar-refractivity contribution in [1.29, 1.82) is 0 Å². The first-order valence-corrected chi connectivity index (χ1v) is 8.77. The highest BCUT2D eigenvalue weighted by Gasteiger charge is 2.13. The van der Waals surface area contributed by atoms with E-state index in [1.54, 1.807) is 6.07 Å². The topological polar surface area (TPSA) is 68.3 Å². The lowest BCUT2D eigenvalue weighted by Gasteiger charge is -2.16. The van der Waals surface area contributed by atoms with Gasteiger partial charge in [-0.15, -0.1) is 0 Å². The summed E-state index contributed by atoms with van der Waals surface area (Å²) >= 11 is 4.83. The van der Waals surface area contributed by atoms with Gasteiger partial charge in [0, 0.05) is 17.1 Å². The molecule has 5 heteroatoms. The molecule has 0 radical (unpaired) electrons. The van der Waals surface area contributed by atoms with E-state index in [0.29, 0.717) is 16.8 Å². The van der Waals surface area contributed by atoms with Crippen molar-refractivity contribution in [2.24, 2.45) is 5.73 Å². The third kappa shape index (κ3) is 3.15. The highest BCUT2D eigenvalue weighted by molar-refractivity contribution is 7.80. The van der Waals surface area contributed by atoms with Crippen LogP contribution in [0.4, 0.5) is 5.69 Å². The van der Waals surface area contributed by atoms with Gasteiger partial charge >= 0.3 is 5.63 Å². The molecule has 3 aromatic rings. The van der Waals surface area contributed by atoms with Crippen molar-refractivity contribution in [1.82, 2.24) is 0 Å². The van der Waals surface area contributed by atoms with Gasteiger partial charge in [-0.3, -0.25) is 0 Å². The highest BCUT2D eigenvalue weighted by Crippen LogP contribution is 2.28. The number of hydrogen-bond acceptors (Lipinski definition) is 3. The molecule has 0 fully saturated rings. The molecule has 4 nitrogen and oxygen atoms in total. The molecular weight excluding hydrogens is 332 g/mol. The van der Waals surface area contributed by atoms with E-state index in [2.05, 4.69) is 17.4 Å². The van der Waals surface area contributed by atoms with Gasteiger partial charge in [0.05, 0.1) is 5.56 Å². The van der Waals surface area contributed by atoms with Crippen molar-refractivity contribution in [3.05, 3.63) is 64.0 Å². The first-order chi connectivity index (χ1) is 12.1.